The molecule has 16 heteroatoms. The molecule has 2 aliphatic rings. The average molecular weight is 956 g/mol. The summed E-state index contributed by atoms with van der Waals surface area (Å²) in [5.74, 6) is -2.90. The maximum atomic E-state index is 13.7. The van der Waals surface area contributed by atoms with Crippen molar-refractivity contribution in [3.8, 4) is 5.75 Å². The highest BCUT2D eigenvalue weighted by Crippen LogP contribution is 2.37. The van der Waals surface area contributed by atoms with Gasteiger partial charge in [-0.1, -0.05) is 87.0 Å². The van der Waals surface area contributed by atoms with E-state index in [4.69, 9.17) is 14.5 Å². The van der Waals surface area contributed by atoms with Crippen molar-refractivity contribution in [2.24, 2.45) is 11.8 Å². The number of Topliss-reactive ketones (excluding diaryl/α,β-unsaturated/α-hetero) is 1. The molecule has 2 heterocycles. The molecule has 1 unspecified atom stereocenters. The molecule has 3 aromatic carbocycles. The molecule has 0 bridgehead atoms. The first-order valence-electron chi connectivity index (χ1n) is 24.1. The Bertz CT molecular complexity index is 2640. The van der Waals surface area contributed by atoms with Gasteiger partial charge in [0.15, 0.2) is 5.78 Å². The number of nitrogens with one attached hydrogen (secondary N) is 6. The van der Waals surface area contributed by atoms with E-state index in [0.717, 1.165) is 62.0 Å². The summed E-state index contributed by atoms with van der Waals surface area (Å²) in [4.78, 5) is 95.2. The molecular weight excluding hydrogens is 891 g/mol. The predicted molar refractivity (Wildman–Crippen MR) is 266 cm³/mol. The number of hydrogen-bond donors (Lipinski definition) is 6. The van der Waals surface area contributed by atoms with Crippen molar-refractivity contribution in [2.45, 2.75) is 85.6 Å². The molecule has 1 aliphatic carbocycles. The topological polar surface area (TPSA) is 223 Å². The Labute approximate surface area is 409 Å². The summed E-state index contributed by atoms with van der Waals surface area (Å²) in [6, 6.07) is 21.7. The summed E-state index contributed by atoms with van der Waals surface area (Å²) in [5.41, 5.74) is 9.02. The van der Waals surface area contributed by atoms with Crippen LogP contribution in [-0.2, 0) is 64.0 Å². The highest BCUT2D eigenvalue weighted by atomic mass is 16.5. The predicted octanol–water partition coefficient (Wildman–Crippen LogP) is 4.29. The fourth-order valence-electron chi connectivity index (χ4n) is 8.76. The quantitative estimate of drug-likeness (QED) is 0.0393. The second-order valence-electron chi connectivity index (χ2n) is 17.8. The zero-order chi connectivity index (χ0) is 50.2. The summed E-state index contributed by atoms with van der Waals surface area (Å²) < 4.78 is 11.6. The number of carbonyl (C=O) groups excluding carboxylic acids is 7. The molecule has 0 saturated carbocycles. The van der Waals surface area contributed by atoms with E-state index in [0.29, 0.717) is 50.2 Å². The Hall–Kier alpha value is -7.20. The Morgan fingerprint density at radius 2 is 1.56 bits per heavy atom. The average Bonchev–Trinajstić information content (AvgIpc) is 3.35. The Balaban J connectivity index is 0.956. The van der Waals surface area contributed by atoms with Gasteiger partial charge >= 0.3 is 5.97 Å². The number of aryl methyl sites for hydroxylation is 3. The maximum Gasteiger partial charge on any atom is 0.313 e. The normalized spacial score (nSPS) is 16.9. The van der Waals surface area contributed by atoms with Gasteiger partial charge in [0.2, 0.25) is 29.5 Å². The SMILES string of the molecule is CCc1c2c(nc3ccc(OCCNCNC(=O)CNC(=O)[C@H](Cc4ccccc4)NC(=O)CNC(=O)CNC(=O)CCc4cccc(C)c4)cc13)/C(C)=C/C1=C(COC(=O)[C@@H]1CC)C(=O)C(C)CC2. The molecule has 4 aromatic rings. The first-order valence-corrected chi connectivity index (χ1v) is 24.1. The highest BCUT2D eigenvalue weighted by molar-refractivity contribution is 6.01. The number of carbonyl (C=O) groups is 7. The van der Waals surface area contributed by atoms with Crippen LogP contribution >= 0.6 is 0 Å². The number of allylic oxidation sites excluding steroid dienone is 2. The molecule has 0 radical (unpaired) electrons. The first-order chi connectivity index (χ1) is 33.7. The second kappa shape index (κ2) is 25.4. The number of amides is 5. The van der Waals surface area contributed by atoms with Crippen LogP contribution in [0.1, 0.15) is 80.5 Å². The van der Waals surface area contributed by atoms with Gasteiger partial charge in [-0.3, -0.25) is 38.9 Å². The van der Waals surface area contributed by atoms with E-state index in [1.807, 2.05) is 107 Å². The molecule has 0 saturated heterocycles. The van der Waals surface area contributed by atoms with Crippen LogP contribution in [0.4, 0.5) is 0 Å². The van der Waals surface area contributed by atoms with Gasteiger partial charge in [-0.25, -0.2) is 4.98 Å². The van der Waals surface area contributed by atoms with E-state index in [2.05, 4.69) is 38.8 Å². The van der Waals surface area contributed by atoms with Gasteiger partial charge in [-0.15, -0.1) is 0 Å². The van der Waals surface area contributed by atoms with E-state index in [9.17, 15) is 33.6 Å². The van der Waals surface area contributed by atoms with Crippen LogP contribution in [0.25, 0.3) is 16.5 Å². The molecule has 1 aromatic heterocycles. The molecule has 70 heavy (non-hydrogen) atoms. The third kappa shape index (κ3) is 14.4. The van der Waals surface area contributed by atoms with Gasteiger partial charge < -0.3 is 36.1 Å². The lowest BCUT2D eigenvalue weighted by molar-refractivity contribution is -0.148. The zero-order valence-corrected chi connectivity index (χ0v) is 40.8. The Morgan fingerprint density at radius 3 is 2.31 bits per heavy atom. The third-order valence-corrected chi connectivity index (χ3v) is 12.6. The lowest BCUT2D eigenvalue weighted by atomic mass is 9.81. The number of benzene rings is 3. The number of nitrogens with zero attached hydrogens (tertiary/aromatic N) is 1. The van der Waals surface area contributed by atoms with Crippen molar-refractivity contribution in [1.29, 1.82) is 0 Å². The van der Waals surface area contributed by atoms with Crippen LogP contribution in [0.3, 0.4) is 0 Å². The van der Waals surface area contributed by atoms with Crippen LogP contribution in [0, 0.1) is 18.8 Å². The zero-order valence-electron chi connectivity index (χ0n) is 40.8. The number of hydrogen-bond acceptors (Lipinski definition) is 11. The van der Waals surface area contributed by atoms with Crippen molar-refractivity contribution in [3.05, 3.63) is 124 Å². The van der Waals surface area contributed by atoms with E-state index < -0.39 is 42.1 Å². The Kier molecular flexibility index (Phi) is 18.9. The number of rotatable bonds is 21. The first kappa shape index (κ1) is 52.2. The number of ketones is 1. The standard InChI is InChI=1S/C54H65N7O9/c1-6-39-41-19-16-34(4)52(66)44-31-70-54(68)40(7-2)42(44)25-35(5)51(41)61-45-20-18-38(27-43(39)45)69-23-22-55-32-59-49(64)29-58-53(67)46(26-36-13-9-8-10-14-36)60-50(65)30-57-48(63)28-56-47(62)21-17-37-15-11-12-33(3)24-37/h8-15,18,20,24-25,27,34,40,46,55H,6-7,16-17,19,21-23,26,28-32H2,1-5H3,(H,56,62)(H,57,63)(H,58,67)(H,59,64)(H,60,65)/b35-25+/t34?,40-,46+/m1/s1. The molecule has 5 amide bonds. The van der Waals surface area contributed by atoms with Crippen LogP contribution in [0.2, 0.25) is 0 Å². The Morgan fingerprint density at radius 1 is 0.829 bits per heavy atom. The smallest absolute Gasteiger partial charge is 0.313 e. The van der Waals surface area contributed by atoms with E-state index >= 15 is 0 Å². The molecule has 3 atom stereocenters. The van der Waals surface area contributed by atoms with Gasteiger partial charge in [0.1, 0.15) is 25.0 Å². The van der Waals surface area contributed by atoms with E-state index in [1.54, 1.807) is 0 Å². The number of ether oxygens (including phenoxy) is 2. The fourth-order valence-corrected chi connectivity index (χ4v) is 8.76. The molecule has 1 aliphatic heterocycles. The van der Waals surface area contributed by atoms with Crippen molar-refractivity contribution >= 4 is 57.8 Å². The van der Waals surface area contributed by atoms with Crippen LogP contribution < -0.4 is 36.6 Å². The van der Waals surface area contributed by atoms with Gasteiger partial charge in [0, 0.05) is 36.3 Å². The minimum absolute atomic E-state index is 0.00267. The number of pyridine rings is 1. The van der Waals surface area contributed by atoms with E-state index in [-0.39, 0.29) is 62.8 Å². The number of esters is 1. The maximum absolute atomic E-state index is 13.7. The van der Waals surface area contributed by atoms with E-state index in [1.165, 1.54) is 0 Å². The van der Waals surface area contributed by atoms with Gasteiger partial charge in [0.25, 0.3) is 0 Å². The summed E-state index contributed by atoms with van der Waals surface area (Å²) in [5, 5.41) is 17.1. The molecule has 6 rings (SSSR count). The van der Waals surface area contributed by atoms with Crippen molar-refractivity contribution in [2.75, 3.05) is 46.1 Å². The molecule has 0 fully saturated rings. The van der Waals surface area contributed by atoms with Crippen molar-refractivity contribution in [1.82, 2.24) is 36.9 Å². The minimum atomic E-state index is -1.04. The minimum Gasteiger partial charge on any atom is -0.492 e. The summed E-state index contributed by atoms with van der Waals surface area (Å²) in [6.45, 7) is 9.67. The number of aromatic nitrogens is 1. The van der Waals surface area contributed by atoms with Crippen LogP contribution in [0.15, 0.2) is 90.0 Å². The summed E-state index contributed by atoms with van der Waals surface area (Å²) in [6.07, 6.45) is 5.41. The highest BCUT2D eigenvalue weighted by Gasteiger charge is 2.35. The fraction of sp³-hybridized carbons (Fsp3) is 0.407. The molecule has 0 spiro atoms. The number of cyclic esters (lactones) is 1. The summed E-state index contributed by atoms with van der Waals surface area (Å²) in [7, 11) is 0. The molecular formula is C54H65N7O9. The monoisotopic (exact) mass is 955 g/mol. The molecule has 370 valence electrons. The van der Waals surface area contributed by atoms with Crippen molar-refractivity contribution in [3.63, 3.8) is 0 Å². The van der Waals surface area contributed by atoms with Crippen molar-refractivity contribution < 1.29 is 43.0 Å². The van der Waals surface area contributed by atoms with Gasteiger partial charge in [-0.05, 0) is 97.6 Å². The van der Waals surface area contributed by atoms with Gasteiger partial charge in [-0.2, -0.15) is 0 Å². The second-order valence-corrected chi connectivity index (χ2v) is 17.8. The molecule has 16 nitrogen and oxygen atoms in total. The lowest BCUT2D eigenvalue weighted by Gasteiger charge is -2.28. The largest absolute Gasteiger partial charge is 0.492 e. The van der Waals surface area contributed by atoms with Crippen LogP contribution in [-0.4, -0.2) is 98.4 Å². The van der Waals surface area contributed by atoms with Gasteiger partial charge in [0.05, 0.1) is 43.4 Å². The lowest BCUT2D eigenvalue weighted by Crippen LogP contribution is -2.52. The van der Waals surface area contributed by atoms with Crippen LogP contribution in [0.5, 0.6) is 5.75 Å². The number of fused-ring (bicyclic) bond motifs is 2. The summed E-state index contributed by atoms with van der Waals surface area (Å²) >= 11 is 0. The third-order valence-electron chi connectivity index (χ3n) is 12.6. The molecule has 6 N–H and O–H groups in total.